The predicted octanol–water partition coefficient (Wildman–Crippen LogP) is 3.69. The number of phenolic OH excluding ortho intramolecular Hbond substituents is 1. The number of anilines is 1. The Balaban J connectivity index is 2.07. The van der Waals surface area contributed by atoms with E-state index < -0.39 is 47.9 Å². The number of hydrogen-bond donors (Lipinski definition) is 4. The summed E-state index contributed by atoms with van der Waals surface area (Å²) in [5.74, 6) is -2.16. The minimum absolute atomic E-state index is 0.0473. The van der Waals surface area contributed by atoms with Crippen molar-refractivity contribution in [2.75, 3.05) is 5.32 Å². The first-order valence-corrected chi connectivity index (χ1v) is 12.9. The van der Waals surface area contributed by atoms with Gasteiger partial charge in [-0.3, -0.25) is 14.4 Å². The van der Waals surface area contributed by atoms with Crippen LogP contribution >= 0.6 is 0 Å². The molecule has 2 aromatic rings. The SMILES string of the molecule is Cc1cccc(C)c1NC(=O)C(c1ccccc1O)N(C(=O)C(CC(N)=O)NC(=O)OC(C)(C)C)C1CC1C. The first-order chi connectivity index (χ1) is 18.2. The van der Waals surface area contributed by atoms with Gasteiger partial charge in [0, 0.05) is 17.3 Å². The van der Waals surface area contributed by atoms with E-state index in [4.69, 9.17) is 10.5 Å². The van der Waals surface area contributed by atoms with Crippen LogP contribution in [0.5, 0.6) is 5.75 Å². The van der Waals surface area contributed by atoms with Gasteiger partial charge in [-0.25, -0.2) is 4.79 Å². The number of rotatable bonds is 9. The fraction of sp³-hybridized carbons (Fsp3) is 0.448. The zero-order chi connectivity index (χ0) is 29.1. The number of ether oxygens (including phenoxy) is 1. The lowest BCUT2D eigenvalue weighted by atomic mass is 9.99. The molecule has 5 N–H and O–H groups in total. The van der Waals surface area contributed by atoms with Gasteiger partial charge in [-0.05, 0) is 64.2 Å². The molecule has 0 spiro atoms. The molecule has 0 saturated heterocycles. The van der Waals surface area contributed by atoms with Crippen molar-refractivity contribution in [2.24, 2.45) is 11.7 Å². The molecule has 1 aliphatic rings. The summed E-state index contributed by atoms with van der Waals surface area (Å²) < 4.78 is 5.30. The normalized spacial score (nSPS) is 17.9. The molecule has 4 atom stereocenters. The maximum absolute atomic E-state index is 14.1. The summed E-state index contributed by atoms with van der Waals surface area (Å²) in [6.45, 7) is 10.7. The fourth-order valence-electron chi connectivity index (χ4n) is 4.54. The van der Waals surface area contributed by atoms with Crippen molar-refractivity contribution in [1.29, 1.82) is 0 Å². The second-order valence-electron chi connectivity index (χ2n) is 11.1. The highest BCUT2D eigenvalue weighted by molar-refractivity contribution is 6.01. The average molecular weight is 539 g/mol. The van der Waals surface area contributed by atoms with E-state index in [-0.39, 0.29) is 23.3 Å². The number of nitrogens with one attached hydrogen (secondary N) is 2. The number of alkyl carbamates (subject to hydrolysis) is 1. The van der Waals surface area contributed by atoms with Gasteiger partial charge in [0.05, 0.1) is 6.42 Å². The first-order valence-electron chi connectivity index (χ1n) is 12.9. The van der Waals surface area contributed by atoms with E-state index in [1.54, 1.807) is 39.0 Å². The molecule has 0 bridgehead atoms. The van der Waals surface area contributed by atoms with E-state index in [1.807, 2.05) is 39.0 Å². The van der Waals surface area contributed by atoms with Gasteiger partial charge in [-0.15, -0.1) is 0 Å². The summed E-state index contributed by atoms with van der Waals surface area (Å²) in [4.78, 5) is 54.0. The Morgan fingerprint density at radius 1 is 1.08 bits per heavy atom. The first kappa shape index (κ1) is 29.5. The Morgan fingerprint density at radius 3 is 2.18 bits per heavy atom. The number of hydrogen-bond acceptors (Lipinski definition) is 6. The Morgan fingerprint density at radius 2 is 1.67 bits per heavy atom. The molecule has 0 aliphatic heterocycles. The van der Waals surface area contributed by atoms with E-state index in [9.17, 15) is 24.3 Å². The molecule has 3 rings (SSSR count). The van der Waals surface area contributed by atoms with Crippen LogP contribution < -0.4 is 16.4 Å². The maximum Gasteiger partial charge on any atom is 0.408 e. The third kappa shape index (κ3) is 7.49. The lowest BCUT2D eigenvalue weighted by Crippen LogP contribution is -2.54. The molecule has 0 heterocycles. The molecule has 1 fully saturated rings. The summed E-state index contributed by atoms with van der Waals surface area (Å²) in [6, 6.07) is 8.86. The second kappa shape index (κ2) is 11.8. The molecule has 2 aromatic carbocycles. The lowest BCUT2D eigenvalue weighted by Gasteiger charge is -2.35. The number of nitrogens with zero attached hydrogens (tertiary/aromatic N) is 1. The predicted molar refractivity (Wildman–Crippen MR) is 147 cm³/mol. The van der Waals surface area contributed by atoms with Crippen molar-refractivity contribution < 1.29 is 29.0 Å². The van der Waals surface area contributed by atoms with Crippen molar-refractivity contribution in [1.82, 2.24) is 10.2 Å². The average Bonchev–Trinajstić information content (AvgIpc) is 3.53. The van der Waals surface area contributed by atoms with Crippen LogP contribution in [-0.2, 0) is 19.1 Å². The van der Waals surface area contributed by atoms with Crippen molar-refractivity contribution in [3.8, 4) is 5.75 Å². The van der Waals surface area contributed by atoms with Gasteiger partial charge in [0.15, 0.2) is 0 Å². The molecular weight excluding hydrogens is 500 g/mol. The highest BCUT2D eigenvalue weighted by Gasteiger charge is 2.49. The molecule has 39 heavy (non-hydrogen) atoms. The highest BCUT2D eigenvalue weighted by atomic mass is 16.6. The largest absolute Gasteiger partial charge is 0.508 e. The maximum atomic E-state index is 14.1. The summed E-state index contributed by atoms with van der Waals surface area (Å²) in [5, 5.41) is 16.2. The Labute approximate surface area is 228 Å². The molecule has 1 aliphatic carbocycles. The molecular formula is C29H38N4O6. The van der Waals surface area contributed by atoms with Crippen LogP contribution in [0.2, 0.25) is 0 Å². The van der Waals surface area contributed by atoms with Gasteiger partial charge in [0.1, 0.15) is 23.4 Å². The van der Waals surface area contributed by atoms with Crippen LogP contribution in [0.3, 0.4) is 0 Å². The van der Waals surface area contributed by atoms with Gasteiger partial charge in [0.2, 0.25) is 11.8 Å². The summed E-state index contributed by atoms with van der Waals surface area (Å²) in [6.07, 6.45) is -0.797. The van der Waals surface area contributed by atoms with Crippen molar-refractivity contribution in [3.63, 3.8) is 0 Å². The highest BCUT2D eigenvalue weighted by Crippen LogP contribution is 2.42. The van der Waals surface area contributed by atoms with Crippen molar-refractivity contribution in [3.05, 3.63) is 59.2 Å². The smallest absolute Gasteiger partial charge is 0.408 e. The minimum atomic E-state index is -1.38. The van der Waals surface area contributed by atoms with E-state index in [0.29, 0.717) is 12.1 Å². The zero-order valence-corrected chi connectivity index (χ0v) is 23.3. The van der Waals surface area contributed by atoms with Gasteiger partial charge >= 0.3 is 6.09 Å². The van der Waals surface area contributed by atoms with Crippen LogP contribution in [-0.4, -0.2) is 51.5 Å². The zero-order valence-electron chi connectivity index (χ0n) is 23.3. The topological polar surface area (TPSA) is 151 Å². The lowest BCUT2D eigenvalue weighted by molar-refractivity contribution is -0.142. The van der Waals surface area contributed by atoms with Crippen LogP contribution in [0.4, 0.5) is 10.5 Å². The number of amides is 4. The third-order valence-corrected chi connectivity index (χ3v) is 6.56. The van der Waals surface area contributed by atoms with Gasteiger partial charge in [0.25, 0.3) is 5.91 Å². The third-order valence-electron chi connectivity index (χ3n) is 6.56. The molecule has 210 valence electrons. The van der Waals surface area contributed by atoms with Gasteiger partial charge < -0.3 is 31.1 Å². The minimum Gasteiger partial charge on any atom is -0.508 e. The van der Waals surface area contributed by atoms with Crippen molar-refractivity contribution >= 4 is 29.5 Å². The summed E-state index contributed by atoms with van der Waals surface area (Å²) in [7, 11) is 0. The second-order valence-corrected chi connectivity index (χ2v) is 11.1. The quantitative estimate of drug-likeness (QED) is 0.382. The van der Waals surface area contributed by atoms with E-state index in [2.05, 4.69) is 10.6 Å². The number of para-hydroxylation sites is 2. The van der Waals surface area contributed by atoms with E-state index >= 15 is 0 Å². The van der Waals surface area contributed by atoms with Crippen molar-refractivity contribution in [2.45, 2.75) is 78.1 Å². The molecule has 4 unspecified atom stereocenters. The standard InChI is InChI=1S/C29H38N4O6/c1-16-10-9-11-17(2)24(16)32-26(36)25(19-12-7-8-13-22(19)34)33(21-14-18(21)3)27(37)20(15-23(30)35)31-28(38)39-29(4,5)6/h7-13,18,20-21,25,34H,14-15H2,1-6H3,(H2,30,35)(H,31,38)(H,32,36). The monoisotopic (exact) mass is 538 g/mol. The number of carbonyl (C=O) groups excluding carboxylic acids is 4. The molecule has 0 aromatic heterocycles. The number of benzene rings is 2. The van der Waals surface area contributed by atoms with E-state index in [0.717, 1.165) is 11.1 Å². The number of primary amides is 1. The van der Waals surface area contributed by atoms with Gasteiger partial charge in [-0.2, -0.15) is 0 Å². The fourth-order valence-corrected chi connectivity index (χ4v) is 4.54. The van der Waals surface area contributed by atoms with E-state index in [1.165, 1.54) is 11.0 Å². The van der Waals surface area contributed by atoms with Crippen LogP contribution in [0.1, 0.15) is 63.3 Å². The Kier molecular flexibility index (Phi) is 8.88. The number of aryl methyl sites for hydroxylation is 2. The van der Waals surface area contributed by atoms with Crippen LogP contribution in [0.25, 0.3) is 0 Å². The Hall–Kier alpha value is -4.08. The summed E-state index contributed by atoms with van der Waals surface area (Å²) in [5.41, 5.74) is 7.06. The van der Waals surface area contributed by atoms with Crippen LogP contribution in [0.15, 0.2) is 42.5 Å². The molecule has 10 heteroatoms. The van der Waals surface area contributed by atoms with Gasteiger partial charge in [-0.1, -0.05) is 43.3 Å². The number of carbonyl (C=O) groups is 4. The number of nitrogens with two attached hydrogens (primary N) is 1. The number of phenols is 1. The molecule has 4 amide bonds. The summed E-state index contributed by atoms with van der Waals surface area (Å²) >= 11 is 0. The Bertz CT molecular complexity index is 1230. The number of aromatic hydroxyl groups is 1. The molecule has 10 nitrogen and oxygen atoms in total. The van der Waals surface area contributed by atoms with Crippen LogP contribution in [0, 0.1) is 19.8 Å². The molecule has 0 radical (unpaired) electrons. The molecule has 1 saturated carbocycles.